The number of rotatable bonds is 7. The van der Waals surface area contributed by atoms with Gasteiger partial charge in [0.1, 0.15) is 12.2 Å². The topological polar surface area (TPSA) is 162 Å². The lowest BCUT2D eigenvalue weighted by molar-refractivity contribution is -0.144. The molecule has 5 rings (SSSR count). The second-order valence-corrected chi connectivity index (χ2v) is 11.5. The molecule has 4 heterocycles. The third kappa shape index (κ3) is 7.18. The SMILES string of the molecule is CCOC(=O)Cn1cc2c(n1)-c1ccnc(c1)[C@@H](N1CCC(c3cc(Cl)ccc3N(N)/C=C\N)=CC1=O)CCC[C@@H](C)C(=O)N2. The van der Waals surface area contributed by atoms with Crippen LogP contribution in [0.15, 0.2) is 61.2 Å². The molecule has 0 radical (unpaired) electrons. The zero-order chi connectivity index (χ0) is 32.1. The molecule has 2 bridgehead atoms. The Balaban J connectivity index is 1.50. The lowest BCUT2D eigenvalue weighted by Gasteiger charge is -2.35. The molecule has 45 heavy (non-hydrogen) atoms. The third-order valence-electron chi connectivity index (χ3n) is 7.98. The highest BCUT2D eigenvalue weighted by atomic mass is 35.5. The van der Waals surface area contributed by atoms with Crippen molar-refractivity contribution in [2.75, 3.05) is 23.5 Å². The smallest absolute Gasteiger partial charge is 0.327 e. The van der Waals surface area contributed by atoms with Gasteiger partial charge in [-0.15, -0.1) is 0 Å². The number of hydrazine groups is 1. The Morgan fingerprint density at radius 2 is 2.07 bits per heavy atom. The average molecular weight is 633 g/mol. The van der Waals surface area contributed by atoms with Crippen molar-refractivity contribution in [1.29, 1.82) is 0 Å². The van der Waals surface area contributed by atoms with Crippen LogP contribution in [0.25, 0.3) is 16.8 Å². The highest BCUT2D eigenvalue weighted by Crippen LogP contribution is 2.37. The number of anilines is 2. The molecule has 2 aliphatic rings. The van der Waals surface area contributed by atoms with Gasteiger partial charge in [0.2, 0.25) is 11.8 Å². The summed E-state index contributed by atoms with van der Waals surface area (Å²) >= 11 is 6.34. The molecule has 236 valence electrons. The second-order valence-electron chi connectivity index (χ2n) is 11.1. The maximum atomic E-state index is 13.8. The number of amides is 2. The number of nitrogens with two attached hydrogens (primary N) is 2. The van der Waals surface area contributed by atoms with Gasteiger partial charge in [0.25, 0.3) is 0 Å². The Labute approximate surface area is 266 Å². The monoisotopic (exact) mass is 632 g/mol. The number of fused-ring (bicyclic) bond motifs is 4. The molecule has 13 heteroatoms. The van der Waals surface area contributed by atoms with E-state index in [0.717, 1.165) is 11.1 Å². The summed E-state index contributed by atoms with van der Waals surface area (Å²) in [6.07, 6.45) is 10.3. The molecule has 0 saturated heterocycles. The van der Waals surface area contributed by atoms with E-state index in [0.29, 0.717) is 65.6 Å². The van der Waals surface area contributed by atoms with Crippen LogP contribution in [0.4, 0.5) is 11.4 Å². The van der Waals surface area contributed by atoms with E-state index in [1.54, 1.807) is 49.7 Å². The zero-order valence-corrected chi connectivity index (χ0v) is 26.0. The Morgan fingerprint density at radius 3 is 2.82 bits per heavy atom. The van der Waals surface area contributed by atoms with Gasteiger partial charge in [0, 0.05) is 59.5 Å². The van der Waals surface area contributed by atoms with E-state index in [1.807, 2.05) is 17.9 Å². The number of pyridine rings is 1. The van der Waals surface area contributed by atoms with E-state index in [-0.39, 0.29) is 36.9 Å². The van der Waals surface area contributed by atoms with Gasteiger partial charge in [0.15, 0.2) is 0 Å². The first-order valence-corrected chi connectivity index (χ1v) is 15.3. The van der Waals surface area contributed by atoms with E-state index < -0.39 is 5.97 Å². The van der Waals surface area contributed by atoms with Crippen LogP contribution in [-0.4, -0.2) is 50.6 Å². The highest BCUT2D eigenvalue weighted by Gasteiger charge is 2.31. The van der Waals surface area contributed by atoms with Crippen molar-refractivity contribution in [2.24, 2.45) is 17.5 Å². The summed E-state index contributed by atoms with van der Waals surface area (Å²) in [5.74, 6) is 5.17. The summed E-state index contributed by atoms with van der Waals surface area (Å²) < 4.78 is 6.54. The van der Waals surface area contributed by atoms with E-state index in [4.69, 9.17) is 32.9 Å². The van der Waals surface area contributed by atoms with E-state index in [1.165, 1.54) is 22.1 Å². The number of aromatic nitrogens is 3. The van der Waals surface area contributed by atoms with Crippen LogP contribution in [-0.2, 0) is 25.7 Å². The van der Waals surface area contributed by atoms with Gasteiger partial charge in [-0.1, -0.05) is 24.9 Å². The fraction of sp³-hybridized carbons (Fsp3) is 0.344. The number of esters is 1. The van der Waals surface area contributed by atoms with Crippen LogP contribution in [0.2, 0.25) is 5.02 Å². The molecule has 0 saturated carbocycles. The normalized spacial score (nSPS) is 18.8. The van der Waals surface area contributed by atoms with Crippen molar-refractivity contribution in [3.63, 3.8) is 0 Å². The average Bonchev–Trinajstić information content (AvgIpc) is 3.40. The van der Waals surface area contributed by atoms with Crippen LogP contribution in [0.3, 0.4) is 0 Å². The molecule has 2 atom stereocenters. The minimum Gasteiger partial charge on any atom is -0.465 e. The largest absolute Gasteiger partial charge is 0.465 e. The van der Waals surface area contributed by atoms with Crippen molar-refractivity contribution in [3.05, 3.63) is 77.5 Å². The molecule has 5 N–H and O–H groups in total. The molecule has 12 nitrogen and oxygen atoms in total. The minimum atomic E-state index is -0.429. The van der Waals surface area contributed by atoms with Crippen molar-refractivity contribution < 1.29 is 19.1 Å². The number of carbonyl (C=O) groups is 3. The van der Waals surface area contributed by atoms with Crippen LogP contribution >= 0.6 is 11.6 Å². The maximum Gasteiger partial charge on any atom is 0.327 e. The predicted molar refractivity (Wildman–Crippen MR) is 172 cm³/mol. The molecule has 1 aromatic carbocycles. The molecule has 0 aliphatic carbocycles. The number of halogens is 1. The number of nitrogens with zero attached hydrogens (tertiary/aromatic N) is 5. The van der Waals surface area contributed by atoms with Gasteiger partial charge in [-0.2, -0.15) is 5.10 Å². The van der Waals surface area contributed by atoms with Gasteiger partial charge < -0.3 is 20.7 Å². The number of nitrogens with one attached hydrogen (secondary N) is 1. The summed E-state index contributed by atoms with van der Waals surface area (Å²) in [7, 11) is 0. The molecule has 0 fully saturated rings. The third-order valence-corrected chi connectivity index (χ3v) is 8.22. The van der Waals surface area contributed by atoms with Gasteiger partial charge in [-0.3, -0.25) is 29.1 Å². The lowest BCUT2D eigenvalue weighted by Crippen LogP contribution is -2.38. The molecule has 3 aromatic rings. The van der Waals surface area contributed by atoms with Gasteiger partial charge >= 0.3 is 5.97 Å². The van der Waals surface area contributed by atoms with Crippen LogP contribution in [0.1, 0.15) is 56.8 Å². The molecule has 2 aromatic heterocycles. The first kappa shape index (κ1) is 31.7. The standard InChI is InChI=1S/C32H37ClN8O4/c1-3-45-30(43)19-39-18-26-31(38-39)22-9-12-36-25(15-22)28(6-4-5-20(2)32(44)37-26)40-13-10-21(16-29(40)42)24-17-23(33)7-8-27(24)41(35)14-11-34/h7-9,11-12,14-18,20,28H,3-6,10,13,19,34-35H2,1-2H3,(H,37,44)/b14-11-/t20-,28+/m1/s1. The number of hydrogen-bond donors (Lipinski definition) is 3. The first-order valence-electron chi connectivity index (χ1n) is 14.9. The Kier molecular flexibility index (Phi) is 9.84. The maximum absolute atomic E-state index is 13.8. The van der Waals surface area contributed by atoms with E-state index in [9.17, 15) is 14.4 Å². The number of carbonyl (C=O) groups excluding carboxylic acids is 3. The highest BCUT2D eigenvalue weighted by molar-refractivity contribution is 6.31. The van der Waals surface area contributed by atoms with Crippen LogP contribution < -0.4 is 21.9 Å². The lowest BCUT2D eigenvalue weighted by atomic mass is 9.93. The van der Waals surface area contributed by atoms with Crippen molar-refractivity contribution in [1.82, 2.24) is 19.7 Å². The summed E-state index contributed by atoms with van der Waals surface area (Å²) in [5, 5.41) is 9.53. The summed E-state index contributed by atoms with van der Waals surface area (Å²) in [6.45, 7) is 4.22. The first-order chi connectivity index (χ1) is 21.7. The van der Waals surface area contributed by atoms with E-state index in [2.05, 4.69) is 10.4 Å². The number of ether oxygens (including phenoxy) is 1. The summed E-state index contributed by atoms with van der Waals surface area (Å²) in [4.78, 5) is 45.6. The summed E-state index contributed by atoms with van der Waals surface area (Å²) in [6, 6.07) is 8.68. The molecule has 2 amide bonds. The van der Waals surface area contributed by atoms with Gasteiger partial charge in [-0.25, -0.2) is 5.84 Å². The van der Waals surface area contributed by atoms with Crippen molar-refractivity contribution >= 4 is 46.3 Å². The van der Waals surface area contributed by atoms with Gasteiger partial charge in [-0.05, 0) is 62.1 Å². The minimum absolute atomic E-state index is 0.0947. The Morgan fingerprint density at radius 1 is 1.24 bits per heavy atom. The van der Waals surface area contributed by atoms with Crippen molar-refractivity contribution in [3.8, 4) is 11.3 Å². The van der Waals surface area contributed by atoms with Crippen molar-refractivity contribution in [2.45, 2.75) is 52.1 Å². The number of benzene rings is 1. The molecule has 0 unspecified atom stereocenters. The fourth-order valence-electron chi connectivity index (χ4n) is 5.73. The molecular weight excluding hydrogens is 596 g/mol. The fourth-order valence-corrected chi connectivity index (χ4v) is 5.90. The number of hydrogen-bond acceptors (Lipinski definition) is 9. The van der Waals surface area contributed by atoms with E-state index >= 15 is 0 Å². The van der Waals surface area contributed by atoms with Gasteiger partial charge in [0.05, 0.1) is 29.7 Å². The molecule has 2 aliphatic heterocycles. The quantitative estimate of drug-likeness (QED) is 0.195. The Bertz CT molecular complexity index is 1650. The zero-order valence-electron chi connectivity index (χ0n) is 25.3. The molecular formula is C32H37ClN8O4. The summed E-state index contributed by atoms with van der Waals surface area (Å²) in [5.41, 5.74) is 10.2. The van der Waals surface area contributed by atoms with Crippen LogP contribution in [0.5, 0.6) is 0 Å². The molecule has 0 spiro atoms. The van der Waals surface area contributed by atoms with Crippen LogP contribution in [0, 0.1) is 5.92 Å². The predicted octanol–water partition coefficient (Wildman–Crippen LogP) is 4.39. The second kappa shape index (κ2) is 14.0. The Hall–Kier alpha value is -4.68.